The second-order valence-electron chi connectivity index (χ2n) is 9.61. The lowest BCUT2D eigenvalue weighted by atomic mass is 10.0. The Morgan fingerprint density at radius 2 is 0.968 bits per heavy atom. The first kappa shape index (κ1) is 30.4. The van der Waals surface area contributed by atoms with Gasteiger partial charge in [0.05, 0.1) is 0 Å². The summed E-state index contributed by atoms with van der Waals surface area (Å²) in [4.78, 5) is 11.9. The van der Waals surface area contributed by atoms with Gasteiger partial charge < -0.3 is 10.5 Å². The maximum absolute atomic E-state index is 11.9. The number of ether oxygens (including phenoxy) is 1. The Labute approximate surface area is 194 Å². The minimum Gasteiger partial charge on any atom is -0.443 e. The van der Waals surface area contributed by atoms with Crippen LogP contribution < -0.4 is 11.5 Å². The van der Waals surface area contributed by atoms with Crippen LogP contribution in [0, 0.1) is 0 Å². The van der Waals surface area contributed by atoms with Gasteiger partial charge in [0, 0.05) is 19.4 Å². The Hall–Kier alpha value is -0.610. The summed E-state index contributed by atoms with van der Waals surface area (Å²) in [6.07, 6.45) is 27.6. The third-order valence-electron chi connectivity index (χ3n) is 6.32. The van der Waals surface area contributed by atoms with Gasteiger partial charge in [0.25, 0.3) is 0 Å². The molecule has 31 heavy (non-hydrogen) atoms. The van der Waals surface area contributed by atoms with Gasteiger partial charge >= 0.3 is 5.97 Å². The minimum atomic E-state index is -0.973. The molecule has 0 aliphatic carbocycles. The number of esters is 1. The first-order chi connectivity index (χ1) is 15.1. The molecule has 0 aromatic heterocycles. The van der Waals surface area contributed by atoms with E-state index >= 15 is 0 Å². The van der Waals surface area contributed by atoms with Crippen LogP contribution in [-0.2, 0) is 9.53 Å². The van der Waals surface area contributed by atoms with E-state index in [-0.39, 0.29) is 12.5 Å². The van der Waals surface area contributed by atoms with E-state index in [2.05, 4.69) is 6.92 Å². The molecular formula is C27H56N2O2. The highest BCUT2D eigenvalue weighted by Crippen LogP contribution is 2.16. The fourth-order valence-corrected chi connectivity index (χ4v) is 4.24. The molecule has 0 rings (SSSR count). The highest BCUT2D eigenvalue weighted by atomic mass is 16.6. The number of carbonyl (C=O) groups is 1. The smallest absolute Gasteiger partial charge is 0.307 e. The number of rotatable bonds is 24. The Kier molecular flexibility index (Phi) is 22.1. The number of carbonyl (C=O) groups excluding carboxylic acids is 1. The lowest BCUT2D eigenvalue weighted by Gasteiger charge is -2.27. The van der Waals surface area contributed by atoms with E-state index in [1.165, 1.54) is 109 Å². The van der Waals surface area contributed by atoms with Crippen molar-refractivity contribution in [1.29, 1.82) is 0 Å². The fraction of sp³-hybridized carbons (Fsp3) is 0.963. The second-order valence-corrected chi connectivity index (χ2v) is 9.61. The maximum atomic E-state index is 11.9. The fourth-order valence-electron chi connectivity index (χ4n) is 4.24. The van der Waals surface area contributed by atoms with Crippen LogP contribution in [0.25, 0.3) is 0 Å². The molecule has 0 bridgehead atoms. The summed E-state index contributed by atoms with van der Waals surface area (Å²) in [6.45, 7) is 4.49. The Balaban J connectivity index is 3.27. The van der Waals surface area contributed by atoms with Crippen LogP contribution in [0.4, 0.5) is 0 Å². The van der Waals surface area contributed by atoms with Crippen LogP contribution >= 0.6 is 0 Å². The van der Waals surface area contributed by atoms with Crippen molar-refractivity contribution in [2.24, 2.45) is 11.5 Å². The van der Waals surface area contributed by atoms with Gasteiger partial charge in [-0.05, 0) is 6.42 Å². The monoisotopic (exact) mass is 440 g/mol. The molecule has 0 aliphatic heterocycles. The number of hydrogen-bond acceptors (Lipinski definition) is 4. The van der Waals surface area contributed by atoms with Gasteiger partial charge in [-0.1, -0.05) is 136 Å². The summed E-state index contributed by atoms with van der Waals surface area (Å²) in [5.74, 6) is -0.201. The Morgan fingerprint density at radius 1 is 0.613 bits per heavy atom. The molecule has 186 valence electrons. The van der Waals surface area contributed by atoms with Crippen molar-refractivity contribution in [2.75, 3.05) is 6.54 Å². The summed E-state index contributed by atoms with van der Waals surface area (Å²) in [7, 11) is 0. The molecule has 0 aromatic rings. The zero-order valence-corrected chi connectivity index (χ0v) is 21.2. The molecule has 4 nitrogen and oxygen atoms in total. The van der Waals surface area contributed by atoms with E-state index in [0.29, 0.717) is 12.8 Å². The predicted octanol–water partition coefficient (Wildman–Crippen LogP) is 7.77. The third-order valence-corrected chi connectivity index (χ3v) is 6.32. The minimum absolute atomic E-state index is 0.186. The van der Waals surface area contributed by atoms with Crippen molar-refractivity contribution in [3.63, 3.8) is 0 Å². The molecule has 4 N–H and O–H groups in total. The molecule has 0 spiro atoms. The second kappa shape index (κ2) is 22.6. The molecule has 0 saturated heterocycles. The van der Waals surface area contributed by atoms with Crippen molar-refractivity contribution in [3.8, 4) is 0 Å². The first-order valence-corrected chi connectivity index (χ1v) is 13.8. The molecule has 0 heterocycles. The van der Waals surface area contributed by atoms with Crippen LogP contribution in [0.1, 0.15) is 155 Å². The number of hydrogen-bond donors (Lipinski definition) is 2. The zero-order valence-electron chi connectivity index (χ0n) is 21.2. The van der Waals surface area contributed by atoms with E-state index < -0.39 is 5.72 Å². The van der Waals surface area contributed by atoms with Gasteiger partial charge in [-0.25, -0.2) is 0 Å². The van der Waals surface area contributed by atoms with Gasteiger partial charge in [0.2, 0.25) is 0 Å². The van der Waals surface area contributed by atoms with E-state index in [9.17, 15) is 4.79 Å². The molecule has 0 aromatic carbocycles. The molecule has 0 amide bonds. The molecule has 0 saturated carbocycles. The van der Waals surface area contributed by atoms with E-state index in [1.54, 1.807) is 0 Å². The van der Waals surface area contributed by atoms with Crippen LogP contribution in [0.3, 0.4) is 0 Å². The molecule has 0 radical (unpaired) electrons. The van der Waals surface area contributed by atoms with Crippen LogP contribution in [0.2, 0.25) is 0 Å². The lowest BCUT2D eigenvalue weighted by Crippen LogP contribution is -2.50. The topological polar surface area (TPSA) is 78.3 Å². The van der Waals surface area contributed by atoms with Crippen molar-refractivity contribution in [3.05, 3.63) is 0 Å². The lowest BCUT2D eigenvalue weighted by molar-refractivity contribution is -0.159. The number of unbranched alkanes of at least 4 members (excludes halogenated alkanes) is 18. The molecule has 1 atom stereocenters. The van der Waals surface area contributed by atoms with Gasteiger partial charge in [-0.15, -0.1) is 0 Å². The standard InChI is InChI=1S/C27H56N2O2/c1-3-5-6-7-8-9-10-11-12-13-14-15-16-17-18-19-20-21-22-23-26(30)31-27(29,25-28)24-4-2/h3-25,28-29H2,1-2H3. The summed E-state index contributed by atoms with van der Waals surface area (Å²) in [5, 5.41) is 0. The van der Waals surface area contributed by atoms with Crippen molar-refractivity contribution in [1.82, 2.24) is 0 Å². The quantitative estimate of drug-likeness (QED) is 0.0912. The average molecular weight is 441 g/mol. The van der Waals surface area contributed by atoms with Gasteiger partial charge in [0.15, 0.2) is 5.72 Å². The van der Waals surface area contributed by atoms with Crippen molar-refractivity contribution in [2.45, 2.75) is 161 Å². The highest BCUT2D eigenvalue weighted by Gasteiger charge is 2.26. The van der Waals surface area contributed by atoms with Crippen LogP contribution in [0.5, 0.6) is 0 Å². The average Bonchev–Trinajstić information content (AvgIpc) is 2.75. The molecule has 4 heteroatoms. The van der Waals surface area contributed by atoms with Gasteiger partial charge in [-0.3, -0.25) is 10.5 Å². The molecule has 0 fully saturated rings. The summed E-state index contributed by atoms with van der Waals surface area (Å²) < 4.78 is 5.38. The summed E-state index contributed by atoms with van der Waals surface area (Å²) in [6, 6.07) is 0. The Bertz CT molecular complexity index is 389. The Morgan fingerprint density at radius 3 is 1.29 bits per heavy atom. The van der Waals surface area contributed by atoms with Crippen molar-refractivity contribution < 1.29 is 9.53 Å². The van der Waals surface area contributed by atoms with E-state index in [1.807, 2.05) is 6.92 Å². The predicted molar refractivity (Wildman–Crippen MR) is 135 cm³/mol. The van der Waals surface area contributed by atoms with Gasteiger partial charge in [-0.2, -0.15) is 0 Å². The third kappa shape index (κ3) is 21.0. The summed E-state index contributed by atoms with van der Waals surface area (Å²) in [5.41, 5.74) is 10.7. The maximum Gasteiger partial charge on any atom is 0.307 e. The van der Waals surface area contributed by atoms with Crippen LogP contribution in [0.15, 0.2) is 0 Å². The van der Waals surface area contributed by atoms with Gasteiger partial charge in [0.1, 0.15) is 0 Å². The molecular weight excluding hydrogens is 384 g/mol. The zero-order chi connectivity index (χ0) is 23.0. The van der Waals surface area contributed by atoms with Crippen LogP contribution in [-0.4, -0.2) is 18.2 Å². The summed E-state index contributed by atoms with van der Waals surface area (Å²) >= 11 is 0. The SMILES string of the molecule is CCCCCCCCCCCCCCCCCCCCCC(=O)OC(N)(CN)CCC. The first-order valence-electron chi connectivity index (χ1n) is 13.8. The molecule has 0 aliphatic rings. The normalized spacial score (nSPS) is 13.3. The largest absolute Gasteiger partial charge is 0.443 e. The van der Waals surface area contributed by atoms with E-state index in [0.717, 1.165) is 19.3 Å². The molecule has 1 unspecified atom stereocenters. The van der Waals surface area contributed by atoms with Crippen molar-refractivity contribution >= 4 is 5.97 Å². The highest BCUT2D eigenvalue weighted by molar-refractivity contribution is 5.69. The van der Waals surface area contributed by atoms with E-state index in [4.69, 9.17) is 16.2 Å². The number of nitrogens with two attached hydrogens (primary N) is 2.